The first-order chi connectivity index (χ1) is 13.3. The highest BCUT2D eigenvalue weighted by Gasteiger charge is 2.18. The van der Waals surface area contributed by atoms with Gasteiger partial charge in [0.05, 0.1) is 13.1 Å². The molecule has 4 rings (SSSR count). The molecule has 0 N–H and O–H groups in total. The Morgan fingerprint density at radius 2 is 1.74 bits per heavy atom. The minimum Gasteiger partial charge on any atom is -0.300 e. The van der Waals surface area contributed by atoms with E-state index in [4.69, 9.17) is 11.6 Å². The number of halogens is 1. The Balaban J connectivity index is 1.53. The van der Waals surface area contributed by atoms with Crippen LogP contribution in [-0.4, -0.2) is 37.7 Å². The molecule has 7 heteroatoms. The average Bonchev–Trinajstić information content (AvgIpc) is 3.34. The average molecular weight is 400 g/mol. The summed E-state index contributed by atoms with van der Waals surface area (Å²) in [4.78, 5) is 6.62. The maximum atomic E-state index is 5.88. The third-order valence-corrected chi connectivity index (χ3v) is 5.96. The topological polar surface area (TPSA) is 46.8 Å². The summed E-state index contributed by atoms with van der Waals surface area (Å²) < 4.78 is 2.25. The highest BCUT2D eigenvalue weighted by atomic mass is 35.5. The molecule has 1 saturated heterocycles. The first kappa shape index (κ1) is 18.5. The summed E-state index contributed by atoms with van der Waals surface area (Å²) in [6, 6.07) is 14.3. The summed E-state index contributed by atoms with van der Waals surface area (Å²) >= 11 is 7.57. The number of thioether (sulfide) groups is 1. The molecule has 0 spiro atoms. The van der Waals surface area contributed by atoms with E-state index in [0.29, 0.717) is 5.15 Å². The maximum Gasteiger partial charge on any atom is 0.191 e. The molecule has 1 aliphatic rings. The van der Waals surface area contributed by atoms with Gasteiger partial charge in [-0.3, -0.25) is 4.90 Å². The van der Waals surface area contributed by atoms with Crippen molar-refractivity contribution in [2.75, 3.05) is 13.1 Å². The fraction of sp³-hybridized carbons (Fsp3) is 0.350. The van der Waals surface area contributed by atoms with E-state index in [0.717, 1.165) is 48.5 Å². The van der Waals surface area contributed by atoms with Crippen LogP contribution in [0.4, 0.5) is 0 Å². The normalized spacial score (nSPS) is 14.7. The Bertz CT molecular complexity index is 860. The van der Waals surface area contributed by atoms with Crippen LogP contribution in [-0.2, 0) is 18.8 Å². The quantitative estimate of drug-likeness (QED) is 0.438. The van der Waals surface area contributed by atoms with Gasteiger partial charge in [0.1, 0.15) is 11.0 Å². The zero-order chi connectivity index (χ0) is 18.5. The lowest BCUT2D eigenvalue weighted by molar-refractivity contribution is 0.316. The number of rotatable bonds is 7. The van der Waals surface area contributed by atoms with Crippen LogP contribution in [0, 0.1) is 0 Å². The fourth-order valence-corrected chi connectivity index (χ4v) is 4.25. The van der Waals surface area contributed by atoms with Crippen LogP contribution in [0.5, 0.6) is 0 Å². The fourth-order valence-electron chi connectivity index (χ4n) is 3.25. The summed E-state index contributed by atoms with van der Waals surface area (Å²) in [7, 11) is 0. The summed E-state index contributed by atoms with van der Waals surface area (Å²) in [5, 5.41) is 10.5. The molecule has 27 heavy (non-hydrogen) atoms. The predicted octanol–water partition coefficient (Wildman–Crippen LogP) is 4.26. The standard InChI is InChI=1S/C20H22ClN5S/c21-18-9-8-17(12-22-18)15-27-20-24-23-19(14-25-10-4-5-11-25)26(20)13-16-6-2-1-3-7-16/h1-3,6-9,12H,4-5,10-11,13-15H2. The van der Waals surface area contributed by atoms with Gasteiger partial charge in [0.2, 0.25) is 0 Å². The molecule has 0 bridgehead atoms. The molecule has 0 atom stereocenters. The van der Waals surface area contributed by atoms with Gasteiger partial charge in [-0.1, -0.05) is 59.8 Å². The second-order valence-electron chi connectivity index (χ2n) is 6.73. The molecule has 0 radical (unpaired) electrons. The van der Waals surface area contributed by atoms with E-state index < -0.39 is 0 Å². The van der Waals surface area contributed by atoms with Crippen molar-refractivity contribution < 1.29 is 0 Å². The zero-order valence-electron chi connectivity index (χ0n) is 15.1. The number of pyridine rings is 1. The van der Waals surface area contributed by atoms with Crippen LogP contribution in [0.25, 0.3) is 0 Å². The van der Waals surface area contributed by atoms with Gasteiger partial charge in [-0.05, 0) is 43.1 Å². The molecule has 0 aliphatic carbocycles. The molecule has 1 aliphatic heterocycles. The Morgan fingerprint density at radius 1 is 0.926 bits per heavy atom. The molecule has 3 aromatic rings. The van der Waals surface area contributed by atoms with Crippen molar-refractivity contribution >= 4 is 23.4 Å². The van der Waals surface area contributed by atoms with Crippen LogP contribution < -0.4 is 0 Å². The van der Waals surface area contributed by atoms with E-state index in [2.05, 4.69) is 48.9 Å². The monoisotopic (exact) mass is 399 g/mol. The van der Waals surface area contributed by atoms with Gasteiger partial charge in [0.25, 0.3) is 0 Å². The molecule has 140 valence electrons. The SMILES string of the molecule is Clc1ccc(CSc2nnc(CN3CCCC3)n2Cc2ccccc2)cn1. The van der Waals surface area contributed by atoms with E-state index in [-0.39, 0.29) is 0 Å². The number of benzene rings is 1. The Labute approximate surface area is 168 Å². The molecule has 0 amide bonds. The van der Waals surface area contributed by atoms with Crippen molar-refractivity contribution in [1.82, 2.24) is 24.6 Å². The first-order valence-electron chi connectivity index (χ1n) is 9.19. The van der Waals surface area contributed by atoms with Gasteiger partial charge < -0.3 is 4.57 Å². The van der Waals surface area contributed by atoms with E-state index in [1.807, 2.05) is 24.4 Å². The number of hydrogen-bond acceptors (Lipinski definition) is 5. The molecule has 5 nitrogen and oxygen atoms in total. The molecule has 3 heterocycles. The minimum atomic E-state index is 0.517. The maximum absolute atomic E-state index is 5.88. The smallest absolute Gasteiger partial charge is 0.191 e. The molecule has 1 aromatic carbocycles. The molecule has 0 unspecified atom stereocenters. The lowest BCUT2D eigenvalue weighted by Crippen LogP contribution is -2.21. The van der Waals surface area contributed by atoms with Crippen LogP contribution in [0.15, 0.2) is 53.8 Å². The van der Waals surface area contributed by atoms with E-state index in [1.54, 1.807) is 11.8 Å². The number of aromatic nitrogens is 4. The van der Waals surface area contributed by atoms with Crippen molar-refractivity contribution in [3.8, 4) is 0 Å². The molecule has 2 aromatic heterocycles. The van der Waals surface area contributed by atoms with Gasteiger partial charge in [-0.15, -0.1) is 10.2 Å². The molecular formula is C20H22ClN5S. The van der Waals surface area contributed by atoms with E-state index >= 15 is 0 Å². The summed E-state index contributed by atoms with van der Waals surface area (Å²) in [5.41, 5.74) is 2.38. The number of likely N-dealkylation sites (tertiary alicyclic amines) is 1. The van der Waals surface area contributed by atoms with Crippen LogP contribution in [0.3, 0.4) is 0 Å². The van der Waals surface area contributed by atoms with Crippen molar-refractivity contribution in [3.05, 3.63) is 70.8 Å². The number of hydrogen-bond donors (Lipinski definition) is 0. The molecule has 0 saturated carbocycles. The van der Waals surface area contributed by atoms with E-state index in [1.165, 1.54) is 18.4 Å². The lowest BCUT2D eigenvalue weighted by Gasteiger charge is -2.16. The third-order valence-electron chi connectivity index (χ3n) is 4.70. The third kappa shape index (κ3) is 4.89. The van der Waals surface area contributed by atoms with Crippen molar-refractivity contribution in [1.29, 1.82) is 0 Å². The van der Waals surface area contributed by atoms with Gasteiger partial charge in [0.15, 0.2) is 5.16 Å². The van der Waals surface area contributed by atoms with Crippen molar-refractivity contribution in [2.24, 2.45) is 0 Å². The second-order valence-corrected chi connectivity index (χ2v) is 8.06. The Kier molecular flexibility index (Phi) is 6.07. The number of nitrogens with zero attached hydrogens (tertiary/aromatic N) is 5. The predicted molar refractivity (Wildman–Crippen MR) is 109 cm³/mol. The first-order valence-corrected chi connectivity index (χ1v) is 10.6. The van der Waals surface area contributed by atoms with Crippen LogP contribution in [0.1, 0.15) is 29.8 Å². The summed E-state index contributed by atoms with van der Waals surface area (Å²) in [6.45, 7) is 3.95. The van der Waals surface area contributed by atoms with Gasteiger partial charge in [-0.25, -0.2) is 4.98 Å². The minimum absolute atomic E-state index is 0.517. The molecule has 1 fully saturated rings. The highest BCUT2D eigenvalue weighted by Crippen LogP contribution is 2.24. The summed E-state index contributed by atoms with van der Waals surface area (Å²) in [6.07, 6.45) is 4.37. The highest BCUT2D eigenvalue weighted by molar-refractivity contribution is 7.98. The lowest BCUT2D eigenvalue weighted by atomic mass is 10.2. The van der Waals surface area contributed by atoms with Gasteiger partial charge in [-0.2, -0.15) is 0 Å². The van der Waals surface area contributed by atoms with Crippen molar-refractivity contribution in [3.63, 3.8) is 0 Å². The summed E-state index contributed by atoms with van der Waals surface area (Å²) in [5.74, 6) is 1.83. The van der Waals surface area contributed by atoms with Crippen LogP contribution >= 0.6 is 23.4 Å². The van der Waals surface area contributed by atoms with Gasteiger partial charge in [0, 0.05) is 11.9 Å². The van der Waals surface area contributed by atoms with Gasteiger partial charge >= 0.3 is 0 Å². The van der Waals surface area contributed by atoms with Crippen LogP contribution in [0.2, 0.25) is 5.15 Å². The Hall–Kier alpha value is -1.89. The van der Waals surface area contributed by atoms with E-state index in [9.17, 15) is 0 Å². The second kappa shape index (κ2) is 8.87. The Morgan fingerprint density at radius 3 is 2.48 bits per heavy atom. The van der Waals surface area contributed by atoms with Crippen molar-refractivity contribution in [2.45, 2.75) is 36.8 Å². The molecular weight excluding hydrogens is 378 g/mol. The largest absolute Gasteiger partial charge is 0.300 e. The zero-order valence-corrected chi connectivity index (χ0v) is 16.7.